The van der Waals surface area contributed by atoms with Crippen molar-refractivity contribution >= 4 is 22.5 Å². The Kier molecular flexibility index (Phi) is 2.77. The molecule has 2 aromatic carbocycles. The lowest BCUT2D eigenvalue weighted by Crippen LogP contribution is -2.31. The smallest absolute Gasteiger partial charge is 0.159 e. The Bertz CT molecular complexity index is 714. The highest BCUT2D eigenvalue weighted by Crippen LogP contribution is 2.19. The summed E-state index contributed by atoms with van der Waals surface area (Å²) in [4.78, 5) is 0. The van der Waals surface area contributed by atoms with Gasteiger partial charge in [-0.05, 0) is 30.7 Å². The molecule has 0 saturated heterocycles. The standard InChI is InChI=1S/C16H13ClN/c1-12-8-9-16(14(17)11-12)18-10-4-6-13-5-2-3-7-15(13)18/h2-11H,1H3/q+1. The molecule has 18 heavy (non-hydrogen) atoms. The molecule has 1 aromatic heterocycles. The van der Waals surface area contributed by atoms with Gasteiger partial charge in [-0.3, -0.25) is 0 Å². The SMILES string of the molecule is Cc1ccc(-[n+]2cccc3ccccc32)c(Cl)c1. The highest BCUT2D eigenvalue weighted by molar-refractivity contribution is 6.32. The number of fused-ring (bicyclic) bond motifs is 1. The van der Waals surface area contributed by atoms with Gasteiger partial charge in [0, 0.05) is 23.6 Å². The minimum atomic E-state index is 0.774. The zero-order valence-electron chi connectivity index (χ0n) is 10.1. The lowest BCUT2D eigenvalue weighted by molar-refractivity contribution is -0.567. The van der Waals surface area contributed by atoms with E-state index in [0.717, 1.165) is 16.2 Å². The summed E-state index contributed by atoms with van der Waals surface area (Å²) in [6.07, 6.45) is 2.04. The van der Waals surface area contributed by atoms with Crippen molar-refractivity contribution in [1.82, 2.24) is 0 Å². The molecule has 0 radical (unpaired) electrons. The van der Waals surface area contributed by atoms with E-state index in [1.807, 2.05) is 37.4 Å². The Hall–Kier alpha value is -1.86. The summed E-state index contributed by atoms with van der Waals surface area (Å²) in [6.45, 7) is 2.05. The Balaban J connectivity index is 2.31. The number of rotatable bonds is 1. The summed E-state index contributed by atoms with van der Waals surface area (Å²) in [5, 5.41) is 1.98. The van der Waals surface area contributed by atoms with Gasteiger partial charge in [-0.2, -0.15) is 4.57 Å². The molecule has 0 spiro atoms. The number of aromatic nitrogens is 1. The van der Waals surface area contributed by atoms with Crippen molar-refractivity contribution in [3.05, 3.63) is 71.4 Å². The van der Waals surface area contributed by atoms with Gasteiger partial charge in [0.05, 0.1) is 0 Å². The Morgan fingerprint density at radius 2 is 1.72 bits per heavy atom. The Labute approximate surface area is 111 Å². The summed E-state index contributed by atoms with van der Waals surface area (Å²) in [5.41, 5.74) is 3.34. The molecule has 2 heteroatoms. The first-order valence-electron chi connectivity index (χ1n) is 5.92. The minimum Gasteiger partial charge on any atom is -0.159 e. The second kappa shape index (κ2) is 4.43. The molecule has 0 atom stereocenters. The quantitative estimate of drug-likeness (QED) is 0.576. The van der Waals surface area contributed by atoms with E-state index in [-0.39, 0.29) is 0 Å². The van der Waals surface area contributed by atoms with E-state index in [4.69, 9.17) is 11.6 Å². The third kappa shape index (κ3) is 1.87. The molecule has 0 fully saturated rings. The van der Waals surface area contributed by atoms with Gasteiger partial charge in [0.25, 0.3) is 0 Å². The fraction of sp³-hybridized carbons (Fsp3) is 0.0625. The molecule has 0 N–H and O–H groups in total. The van der Waals surface area contributed by atoms with E-state index in [9.17, 15) is 0 Å². The summed E-state index contributed by atoms with van der Waals surface area (Å²) in [6, 6.07) is 18.6. The van der Waals surface area contributed by atoms with Crippen molar-refractivity contribution in [3.63, 3.8) is 0 Å². The predicted octanol–water partition coefficient (Wildman–Crippen LogP) is 4.08. The first-order valence-corrected chi connectivity index (χ1v) is 6.29. The van der Waals surface area contributed by atoms with Crippen molar-refractivity contribution in [2.45, 2.75) is 6.92 Å². The monoisotopic (exact) mass is 254 g/mol. The molecule has 0 amide bonds. The third-order valence-electron chi connectivity index (χ3n) is 3.07. The molecule has 88 valence electrons. The van der Waals surface area contributed by atoms with Gasteiger partial charge in [0.2, 0.25) is 11.2 Å². The zero-order chi connectivity index (χ0) is 12.5. The van der Waals surface area contributed by atoms with E-state index in [0.29, 0.717) is 0 Å². The number of hydrogen-bond donors (Lipinski definition) is 0. The van der Waals surface area contributed by atoms with Crippen LogP contribution in [0.3, 0.4) is 0 Å². The highest BCUT2D eigenvalue weighted by Gasteiger charge is 2.14. The fourth-order valence-corrected chi connectivity index (χ4v) is 2.50. The van der Waals surface area contributed by atoms with Gasteiger partial charge in [0.15, 0.2) is 6.20 Å². The van der Waals surface area contributed by atoms with E-state index in [2.05, 4.69) is 34.9 Å². The molecule has 0 aliphatic rings. The molecular formula is C16H13ClN+. The molecule has 1 nitrogen and oxygen atoms in total. The third-order valence-corrected chi connectivity index (χ3v) is 3.37. The van der Waals surface area contributed by atoms with Gasteiger partial charge in [0.1, 0.15) is 5.02 Å². The molecule has 1 heterocycles. The molecule has 0 aliphatic carbocycles. The van der Waals surface area contributed by atoms with Crippen LogP contribution in [-0.4, -0.2) is 0 Å². The van der Waals surface area contributed by atoms with Gasteiger partial charge in [-0.25, -0.2) is 0 Å². The number of hydrogen-bond acceptors (Lipinski definition) is 0. The second-order valence-corrected chi connectivity index (χ2v) is 4.80. The molecule has 0 unspecified atom stereocenters. The number of benzene rings is 2. The summed E-state index contributed by atoms with van der Waals surface area (Å²) in [7, 11) is 0. The van der Waals surface area contributed by atoms with Crippen LogP contribution in [-0.2, 0) is 0 Å². The average molecular weight is 255 g/mol. The van der Waals surface area contributed by atoms with Crippen LogP contribution >= 0.6 is 11.6 Å². The number of pyridine rings is 1. The Morgan fingerprint density at radius 3 is 2.56 bits per heavy atom. The van der Waals surface area contributed by atoms with Crippen LogP contribution in [0.5, 0.6) is 0 Å². The normalized spacial score (nSPS) is 10.8. The number of nitrogens with zero attached hydrogens (tertiary/aromatic N) is 1. The second-order valence-electron chi connectivity index (χ2n) is 4.39. The van der Waals surface area contributed by atoms with Gasteiger partial charge in [-0.15, -0.1) is 0 Å². The number of aryl methyl sites for hydroxylation is 1. The van der Waals surface area contributed by atoms with Crippen LogP contribution in [0, 0.1) is 6.92 Å². The zero-order valence-corrected chi connectivity index (χ0v) is 10.9. The number of para-hydroxylation sites is 1. The van der Waals surface area contributed by atoms with E-state index in [1.165, 1.54) is 10.9 Å². The van der Waals surface area contributed by atoms with Crippen LogP contribution in [0.15, 0.2) is 60.8 Å². The predicted molar refractivity (Wildman–Crippen MR) is 75.2 cm³/mol. The topological polar surface area (TPSA) is 3.88 Å². The van der Waals surface area contributed by atoms with Crippen LogP contribution < -0.4 is 4.57 Å². The Morgan fingerprint density at radius 1 is 0.944 bits per heavy atom. The van der Waals surface area contributed by atoms with Gasteiger partial charge < -0.3 is 0 Å². The first-order chi connectivity index (χ1) is 8.75. The molecule has 0 bridgehead atoms. The highest BCUT2D eigenvalue weighted by atomic mass is 35.5. The first kappa shape index (κ1) is 11.2. The van der Waals surface area contributed by atoms with Crippen molar-refractivity contribution in [2.24, 2.45) is 0 Å². The van der Waals surface area contributed by atoms with Crippen LogP contribution in [0.2, 0.25) is 5.02 Å². The lowest BCUT2D eigenvalue weighted by Gasteiger charge is -2.03. The van der Waals surface area contributed by atoms with E-state index < -0.39 is 0 Å². The largest absolute Gasteiger partial charge is 0.229 e. The maximum atomic E-state index is 6.34. The summed E-state index contributed by atoms with van der Waals surface area (Å²) >= 11 is 6.34. The van der Waals surface area contributed by atoms with Crippen molar-refractivity contribution in [2.75, 3.05) is 0 Å². The molecule has 0 aliphatic heterocycles. The molecule has 0 saturated carbocycles. The molecular weight excluding hydrogens is 242 g/mol. The molecule has 3 rings (SSSR count). The average Bonchev–Trinajstić information content (AvgIpc) is 2.38. The van der Waals surface area contributed by atoms with Gasteiger partial charge in [-0.1, -0.05) is 29.8 Å². The van der Waals surface area contributed by atoms with Crippen molar-refractivity contribution in [1.29, 1.82) is 0 Å². The maximum absolute atomic E-state index is 6.34. The van der Waals surface area contributed by atoms with E-state index in [1.54, 1.807) is 0 Å². The minimum absolute atomic E-state index is 0.774. The lowest BCUT2D eigenvalue weighted by atomic mass is 10.2. The van der Waals surface area contributed by atoms with E-state index >= 15 is 0 Å². The maximum Gasteiger partial charge on any atom is 0.229 e. The number of halogens is 1. The van der Waals surface area contributed by atoms with Crippen molar-refractivity contribution < 1.29 is 4.57 Å². The van der Waals surface area contributed by atoms with Crippen LogP contribution in [0.4, 0.5) is 0 Å². The summed E-state index contributed by atoms with van der Waals surface area (Å²) < 4.78 is 2.12. The van der Waals surface area contributed by atoms with Gasteiger partial charge >= 0.3 is 0 Å². The molecule has 3 aromatic rings. The van der Waals surface area contributed by atoms with Crippen LogP contribution in [0.1, 0.15) is 5.56 Å². The fourth-order valence-electron chi connectivity index (χ4n) is 2.18. The van der Waals surface area contributed by atoms with Crippen molar-refractivity contribution in [3.8, 4) is 5.69 Å². The van der Waals surface area contributed by atoms with Crippen LogP contribution in [0.25, 0.3) is 16.6 Å². The summed E-state index contributed by atoms with van der Waals surface area (Å²) in [5.74, 6) is 0.